The van der Waals surface area contributed by atoms with E-state index in [1.165, 1.54) is 12.1 Å². The lowest BCUT2D eigenvalue weighted by Gasteiger charge is -2.15. The first kappa shape index (κ1) is 22.5. The van der Waals surface area contributed by atoms with Gasteiger partial charge in [0.25, 0.3) is 5.91 Å². The molecule has 0 aliphatic heterocycles. The Morgan fingerprint density at radius 2 is 1.59 bits per heavy atom. The number of halogens is 3. The Morgan fingerprint density at radius 3 is 2.14 bits per heavy atom. The first-order chi connectivity index (χ1) is 13.8. The van der Waals surface area contributed by atoms with E-state index in [-0.39, 0.29) is 12.5 Å². The Hall–Kier alpha value is -2.74. The lowest BCUT2D eigenvalue weighted by molar-refractivity contribution is -0.885. The standard InChI is InChI=1S/C21H25F3N2O3/c1-3-28-18-8-10-19(11-9-18)29-13-12-25-20(27)15-26(2)14-16-4-6-17(7-5-16)21(22,23)24/h4-11H,3,12-15H2,1-2H3,(H,25,27)/p+1. The molecule has 1 unspecified atom stereocenters. The van der Waals surface area contributed by atoms with Gasteiger partial charge in [-0.05, 0) is 43.3 Å². The zero-order chi connectivity index (χ0) is 21.3. The van der Waals surface area contributed by atoms with Crippen LogP contribution in [0.5, 0.6) is 11.5 Å². The topological polar surface area (TPSA) is 52.0 Å². The average Bonchev–Trinajstić information content (AvgIpc) is 2.66. The fourth-order valence-corrected chi connectivity index (χ4v) is 2.72. The molecule has 1 atom stereocenters. The summed E-state index contributed by atoms with van der Waals surface area (Å²) < 4.78 is 48.7. The number of carbonyl (C=O) groups is 1. The van der Waals surface area contributed by atoms with Crippen molar-refractivity contribution < 1.29 is 32.3 Å². The molecule has 2 rings (SSSR count). The van der Waals surface area contributed by atoms with Crippen molar-refractivity contribution in [3.63, 3.8) is 0 Å². The van der Waals surface area contributed by atoms with Crippen molar-refractivity contribution in [3.05, 3.63) is 59.7 Å². The number of amides is 1. The summed E-state index contributed by atoms with van der Waals surface area (Å²) in [7, 11) is 1.81. The van der Waals surface area contributed by atoms with Crippen LogP contribution in [0.15, 0.2) is 48.5 Å². The molecule has 0 radical (unpaired) electrons. The van der Waals surface area contributed by atoms with Gasteiger partial charge in [-0.2, -0.15) is 13.2 Å². The lowest BCUT2D eigenvalue weighted by Crippen LogP contribution is -3.08. The maximum Gasteiger partial charge on any atom is 0.416 e. The highest BCUT2D eigenvalue weighted by molar-refractivity contribution is 5.76. The molecule has 5 nitrogen and oxygen atoms in total. The van der Waals surface area contributed by atoms with Gasteiger partial charge in [0, 0.05) is 5.56 Å². The Bertz CT molecular complexity index is 762. The van der Waals surface area contributed by atoms with Gasteiger partial charge in [0.15, 0.2) is 6.54 Å². The van der Waals surface area contributed by atoms with Crippen LogP contribution in [-0.4, -0.2) is 39.3 Å². The molecule has 158 valence electrons. The largest absolute Gasteiger partial charge is 0.494 e. The summed E-state index contributed by atoms with van der Waals surface area (Å²) in [5.41, 5.74) is 0.0614. The highest BCUT2D eigenvalue weighted by atomic mass is 19.4. The second-order valence-corrected chi connectivity index (χ2v) is 6.61. The van der Waals surface area contributed by atoms with Crippen molar-refractivity contribution in [2.24, 2.45) is 0 Å². The molecule has 29 heavy (non-hydrogen) atoms. The Balaban J connectivity index is 1.66. The Morgan fingerprint density at radius 1 is 1.00 bits per heavy atom. The van der Waals surface area contributed by atoms with Crippen LogP contribution in [-0.2, 0) is 17.5 Å². The number of rotatable bonds is 10. The number of nitrogens with one attached hydrogen (secondary N) is 2. The first-order valence-corrected chi connectivity index (χ1v) is 9.37. The second-order valence-electron chi connectivity index (χ2n) is 6.61. The number of benzene rings is 2. The predicted octanol–water partition coefficient (Wildman–Crippen LogP) is 2.31. The third-order valence-corrected chi connectivity index (χ3v) is 4.08. The van der Waals surface area contributed by atoms with Gasteiger partial charge in [-0.3, -0.25) is 4.79 Å². The number of likely N-dealkylation sites (N-methyl/N-ethyl adjacent to an activating group) is 1. The van der Waals surface area contributed by atoms with Crippen LogP contribution in [0.2, 0.25) is 0 Å². The molecule has 0 bridgehead atoms. The Kier molecular flexibility index (Phi) is 8.33. The fraction of sp³-hybridized carbons (Fsp3) is 0.381. The minimum absolute atomic E-state index is 0.148. The quantitative estimate of drug-likeness (QED) is 0.590. The van der Waals surface area contributed by atoms with Gasteiger partial charge < -0.3 is 19.7 Å². The third-order valence-electron chi connectivity index (χ3n) is 4.08. The van der Waals surface area contributed by atoms with Gasteiger partial charge in [-0.15, -0.1) is 0 Å². The monoisotopic (exact) mass is 411 g/mol. The molecule has 1 amide bonds. The van der Waals surface area contributed by atoms with Crippen molar-refractivity contribution in [2.75, 3.05) is 33.4 Å². The van der Waals surface area contributed by atoms with E-state index in [9.17, 15) is 18.0 Å². The van der Waals surface area contributed by atoms with Crippen LogP contribution in [0.1, 0.15) is 18.1 Å². The minimum Gasteiger partial charge on any atom is -0.494 e. The van der Waals surface area contributed by atoms with Crippen LogP contribution in [0.3, 0.4) is 0 Å². The molecule has 0 heterocycles. The van der Waals surface area contributed by atoms with Crippen LogP contribution < -0.4 is 19.7 Å². The highest BCUT2D eigenvalue weighted by Gasteiger charge is 2.30. The maximum absolute atomic E-state index is 12.6. The summed E-state index contributed by atoms with van der Waals surface area (Å²) >= 11 is 0. The van der Waals surface area contributed by atoms with Crippen molar-refractivity contribution in [2.45, 2.75) is 19.6 Å². The summed E-state index contributed by atoms with van der Waals surface area (Å²) in [6.45, 7) is 3.87. The second kappa shape index (κ2) is 10.7. The molecule has 0 aromatic heterocycles. The Labute approximate surface area is 168 Å². The molecule has 2 N–H and O–H groups in total. The van der Waals surface area contributed by atoms with Crippen molar-refractivity contribution in [1.82, 2.24) is 5.32 Å². The lowest BCUT2D eigenvalue weighted by atomic mass is 10.1. The molecule has 2 aromatic carbocycles. The van der Waals surface area contributed by atoms with Crippen molar-refractivity contribution >= 4 is 5.91 Å². The fourth-order valence-electron chi connectivity index (χ4n) is 2.72. The van der Waals surface area contributed by atoms with Crippen molar-refractivity contribution in [1.29, 1.82) is 0 Å². The van der Waals surface area contributed by atoms with E-state index in [1.807, 2.05) is 26.1 Å². The molecule has 0 aliphatic rings. The van der Waals surface area contributed by atoms with E-state index < -0.39 is 11.7 Å². The molecule has 8 heteroatoms. The number of carbonyl (C=O) groups excluding carboxylic acids is 1. The molecule has 0 spiro atoms. The van der Waals surface area contributed by atoms with Gasteiger partial charge >= 0.3 is 6.18 Å². The highest BCUT2D eigenvalue weighted by Crippen LogP contribution is 2.28. The maximum atomic E-state index is 12.6. The van der Waals surface area contributed by atoms with E-state index in [0.29, 0.717) is 32.1 Å². The van der Waals surface area contributed by atoms with Crippen molar-refractivity contribution in [3.8, 4) is 11.5 Å². The summed E-state index contributed by atoms with van der Waals surface area (Å²) in [5.74, 6) is 1.31. The van der Waals surface area contributed by atoms with E-state index >= 15 is 0 Å². The number of hydrogen-bond acceptors (Lipinski definition) is 3. The summed E-state index contributed by atoms with van der Waals surface area (Å²) in [6.07, 6.45) is -4.34. The van der Waals surface area contributed by atoms with Gasteiger partial charge in [0.05, 0.1) is 25.8 Å². The van der Waals surface area contributed by atoms with E-state index in [0.717, 1.165) is 28.3 Å². The zero-order valence-corrected chi connectivity index (χ0v) is 16.5. The summed E-state index contributed by atoms with van der Waals surface area (Å²) in [6, 6.07) is 12.2. The number of hydrogen-bond donors (Lipinski definition) is 2. The van der Waals surface area contributed by atoms with Crippen LogP contribution in [0.25, 0.3) is 0 Å². The zero-order valence-electron chi connectivity index (χ0n) is 16.5. The smallest absolute Gasteiger partial charge is 0.416 e. The molecule has 0 saturated heterocycles. The van der Waals surface area contributed by atoms with Gasteiger partial charge in [0.1, 0.15) is 24.7 Å². The molecular formula is C21H26F3N2O3+. The molecular weight excluding hydrogens is 385 g/mol. The van der Waals surface area contributed by atoms with Gasteiger partial charge in [0.2, 0.25) is 0 Å². The molecule has 0 saturated carbocycles. The van der Waals surface area contributed by atoms with E-state index in [4.69, 9.17) is 9.47 Å². The summed E-state index contributed by atoms with van der Waals surface area (Å²) in [4.78, 5) is 12.9. The van der Waals surface area contributed by atoms with E-state index in [2.05, 4.69) is 5.32 Å². The van der Waals surface area contributed by atoms with Crippen LogP contribution >= 0.6 is 0 Å². The number of alkyl halides is 3. The van der Waals surface area contributed by atoms with E-state index in [1.54, 1.807) is 12.1 Å². The first-order valence-electron chi connectivity index (χ1n) is 9.37. The van der Waals surface area contributed by atoms with Crippen LogP contribution in [0, 0.1) is 0 Å². The molecule has 2 aromatic rings. The predicted molar refractivity (Wildman–Crippen MR) is 103 cm³/mol. The summed E-state index contributed by atoms with van der Waals surface area (Å²) in [5, 5.41) is 2.77. The average molecular weight is 411 g/mol. The van der Waals surface area contributed by atoms with Gasteiger partial charge in [-0.25, -0.2) is 0 Å². The normalized spacial score (nSPS) is 12.3. The number of quaternary nitrogens is 1. The van der Waals surface area contributed by atoms with Gasteiger partial charge in [-0.1, -0.05) is 12.1 Å². The third kappa shape index (κ3) is 8.03. The molecule has 0 aliphatic carbocycles. The van der Waals surface area contributed by atoms with Crippen LogP contribution in [0.4, 0.5) is 13.2 Å². The SMILES string of the molecule is CCOc1ccc(OCCNC(=O)C[NH+](C)Cc2ccc(C(F)(F)F)cc2)cc1. The molecule has 0 fully saturated rings. The number of ether oxygens (including phenoxy) is 2. The minimum atomic E-state index is -4.34.